The van der Waals surface area contributed by atoms with Gasteiger partial charge in [0.2, 0.25) is 0 Å². The molecule has 6 rings (SSSR count). The Labute approximate surface area is 203 Å². The first kappa shape index (κ1) is 21.9. The lowest BCUT2D eigenvalue weighted by Gasteiger charge is -2.33. The molecule has 0 amide bonds. The third-order valence-electron chi connectivity index (χ3n) is 7.06. The maximum Gasteiger partial charge on any atom is 0.155 e. The molecule has 2 aliphatic rings. The van der Waals surface area contributed by atoms with Crippen LogP contribution in [-0.2, 0) is 13.1 Å². The van der Waals surface area contributed by atoms with Crippen molar-refractivity contribution in [2.45, 2.75) is 44.2 Å². The summed E-state index contributed by atoms with van der Waals surface area (Å²) in [5.74, 6) is 0. The van der Waals surface area contributed by atoms with Gasteiger partial charge in [-0.25, -0.2) is 9.37 Å². The summed E-state index contributed by atoms with van der Waals surface area (Å²) in [5, 5.41) is 14.4. The number of alkyl halides is 1. The van der Waals surface area contributed by atoms with Crippen molar-refractivity contribution in [2.24, 2.45) is 0 Å². The molecule has 2 N–H and O–H groups in total. The van der Waals surface area contributed by atoms with E-state index in [4.69, 9.17) is 4.98 Å². The first-order valence-corrected chi connectivity index (χ1v) is 12.1. The van der Waals surface area contributed by atoms with Gasteiger partial charge in [-0.1, -0.05) is 36.4 Å². The minimum absolute atomic E-state index is 0.404. The summed E-state index contributed by atoms with van der Waals surface area (Å²) in [7, 11) is 0. The Morgan fingerprint density at radius 3 is 2.74 bits per heavy atom. The van der Waals surface area contributed by atoms with Crippen LogP contribution < -0.4 is 5.32 Å². The molecular weight excluding hydrogens is 441 g/mol. The van der Waals surface area contributed by atoms with E-state index in [2.05, 4.69) is 10.3 Å². The molecule has 0 bridgehead atoms. The van der Waals surface area contributed by atoms with Crippen molar-refractivity contribution in [3.05, 3.63) is 95.8 Å². The van der Waals surface area contributed by atoms with Crippen molar-refractivity contribution in [1.29, 1.82) is 0 Å². The zero-order valence-corrected chi connectivity index (χ0v) is 19.4. The molecule has 6 nitrogen and oxygen atoms in total. The molecule has 4 aromatic rings. The Hall–Kier alpha value is -3.55. The molecule has 1 aromatic carbocycles. The van der Waals surface area contributed by atoms with Crippen molar-refractivity contribution in [3.8, 4) is 11.1 Å². The molecule has 35 heavy (non-hydrogen) atoms. The number of aromatic nitrogens is 3. The molecule has 3 aromatic heterocycles. The van der Waals surface area contributed by atoms with Crippen molar-refractivity contribution in [2.75, 3.05) is 6.54 Å². The van der Waals surface area contributed by atoms with Gasteiger partial charge in [0.15, 0.2) is 6.23 Å². The molecule has 1 aliphatic carbocycles. The van der Waals surface area contributed by atoms with Gasteiger partial charge in [-0.3, -0.25) is 4.98 Å². The number of imidazole rings is 1. The summed E-state index contributed by atoms with van der Waals surface area (Å²) >= 11 is 0. The lowest BCUT2D eigenvalue weighted by Crippen LogP contribution is -2.42. The number of aliphatic hydroxyl groups is 1. The number of halogens is 1. The molecule has 4 heterocycles. The minimum Gasteiger partial charge on any atom is -0.369 e. The second-order valence-corrected chi connectivity index (χ2v) is 9.56. The summed E-state index contributed by atoms with van der Waals surface area (Å²) in [6.07, 6.45) is 13.0. The van der Waals surface area contributed by atoms with Crippen molar-refractivity contribution in [1.82, 2.24) is 24.6 Å². The third-order valence-corrected chi connectivity index (χ3v) is 7.06. The quantitative estimate of drug-likeness (QED) is 0.405. The third kappa shape index (κ3) is 4.33. The predicted octanol–water partition coefficient (Wildman–Crippen LogP) is 4.86. The fourth-order valence-electron chi connectivity index (χ4n) is 4.92. The van der Waals surface area contributed by atoms with E-state index in [1.54, 1.807) is 6.20 Å². The number of pyridine rings is 2. The average molecular weight is 470 g/mol. The van der Waals surface area contributed by atoms with Crippen LogP contribution in [0, 0.1) is 0 Å². The number of nitrogens with one attached hydrogen (secondary N) is 1. The Bertz CT molecular complexity index is 1380. The molecule has 1 fully saturated rings. The van der Waals surface area contributed by atoms with E-state index in [-0.39, 0.29) is 0 Å². The molecular formula is C28H28FN5O. The van der Waals surface area contributed by atoms with Gasteiger partial charge in [0.05, 0.1) is 12.2 Å². The molecule has 0 radical (unpaired) electrons. The monoisotopic (exact) mass is 469 g/mol. The van der Waals surface area contributed by atoms with E-state index >= 15 is 0 Å². The number of hydrogen-bond donors (Lipinski definition) is 2. The maximum absolute atomic E-state index is 14.2. The van der Waals surface area contributed by atoms with E-state index in [1.807, 2.05) is 82.6 Å². The van der Waals surface area contributed by atoms with Gasteiger partial charge in [0, 0.05) is 55.2 Å². The van der Waals surface area contributed by atoms with E-state index in [9.17, 15) is 9.50 Å². The average Bonchev–Trinajstić information content (AvgIpc) is 3.27. The number of hydrogen-bond acceptors (Lipinski definition) is 5. The minimum atomic E-state index is -1.02. The predicted molar refractivity (Wildman–Crippen MR) is 134 cm³/mol. The smallest absolute Gasteiger partial charge is 0.155 e. The molecule has 1 atom stereocenters. The van der Waals surface area contributed by atoms with Crippen LogP contribution in [0.5, 0.6) is 0 Å². The molecule has 0 saturated heterocycles. The summed E-state index contributed by atoms with van der Waals surface area (Å²) in [5.41, 5.74) is 5.59. The van der Waals surface area contributed by atoms with Crippen LogP contribution in [0.4, 0.5) is 4.39 Å². The summed E-state index contributed by atoms with van der Waals surface area (Å²) < 4.78 is 16.2. The molecule has 0 spiro atoms. The molecule has 1 aliphatic heterocycles. The van der Waals surface area contributed by atoms with Crippen LogP contribution in [0.3, 0.4) is 0 Å². The highest BCUT2D eigenvalue weighted by Crippen LogP contribution is 2.36. The number of aliphatic hydroxyl groups excluding tert-OH is 1. The van der Waals surface area contributed by atoms with Crippen LogP contribution in [-0.4, -0.2) is 36.6 Å². The van der Waals surface area contributed by atoms with Crippen LogP contribution >= 0.6 is 0 Å². The van der Waals surface area contributed by atoms with Crippen LogP contribution in [0.2, 0.25) is 0 Å². The lowest BCUT2D eigenvalue weighted by molar-refractivity contribution is 0.0287. The van der Waals surface area contributed by atoms with Gasteiger partial charge in [-0.2, -0.15) is 0 Å². The largest absolute Gasteiger partial charge is 0.369 e. The van der Waals surface area contributed by atoms with E-state index in [0.717, 1.165) is 45.6 Å². The number of rotatable bonds is 7. The summed E-state index contributed by atoms with van der Waals surface area (Å²) in [4.78, 5) is 11.0. The molecule has 1 unspecified atom stereocenters. The van der Waals surface area contributed by atoms with Gasteiger partial charge in [-0.05, 0) is 48.1 Å². The Kier molecular flexibility index (Phi) is 5.59. The SMILES string of the molecule is OC1c2cncc(-c3ccccc3)c2C=CN1Cc1cn2cc(CNCC3(F)CCC3)ccc2n1. The fourth-order valence-corrected chi connectivity index (χ4v) is 4.92. The number of benzene rings is 1. The molecule has 7 heteroatoms. The van der Waals surface area contributed by atoms with Crippen LogP contribution in [0.15, 0.2) is 73.5 Å². The number of fused-ring (bicyclic) bond motifs is 2. The van der Waals surface area contributed by atoms with Crippen LogP contribution in [0.25, 0.3) is 22.9 Å². The Morgan fingerprint density at radius 1 is 1.09 bits per heavy atom. The number of nitrogens with zero attached hydrogens (tertiary/aromatic N) is 4. The normalized spacial score (nSPS) is 18.5. The highest BCUT2D eigenvalue weighted by Gasteiger charge is 2.36. The topological polar surface area (TPSA) is 65.7 Å². The first-order chi connectivity index (χ1) is 17.1. The zero-order chi connectivity index (χ0) is 23.8. The van der Waals surface area contributed by atoms with Crippen molar-refractivity contribution in [3.63, 3.8) is 0 Å². The molecule has 1 saturated carbocycles. The Morgan fingerprint density at radius 2 is 1.94 bits per heavy atom. The van der Waals surface area contributed by atoms with Crippen LogP contribution in [0.1, 0.15) is 47.9 Å². The highest BCUT2D eigenvalue weighted by molar-refractivity contribution is 5.77. The zero-order valence-electron chi connectivity index (χ0n) is 19.4. The second kappa shape index (κ2) is 8.91. The van der Waals surface area contributed by atoms with Gasteiger partial charge >= 0.3 is 0 Å². The molecule has 178 valence electrons. The summed E-state index contributed by atoms with van der Waals surface area (Å²) in [6.45, 7) is 1.49. The second-order valence-electron chi connectivity index (χ2n) is 9.56. The highest BCUT2D eigenvalue weighted by atomic mass is 19.1. The van der Waals surface area contributed by atoms with Crippen molar-refractivity contribution >= 4 is 11.7 Å². The van der Waals surface area contributed by atoms with E-state index in [1.165, 1.54) is 0 Å². The first-order valence-electron chi connectivity index (χ1n) is 12.1. The van der Waals surface area contributed by atoms with Crippen molar-refractivity contribution < 1.29 is 9.50 Å². The summed E-state index contributed by atoms with van der Waals surface area (Å²) in [6, 6.07) is 14.1. The van der Waals surface area contributed by atoms with E-state index < -0.39 is 11.9 Å². The standard InChI is InChI=1S/C28H28FN5O/c29-28(10-4-11-28)19-31-13-20-7-8-26-32-22(18-34(26)16-20)17-33-12-9-23-24(21-5-2-1-3-6-21)14-30-15-25(23)27(33)35/h1-3,5-9,12,14-16,18,27,31,35H,4,10-11,13,17,19H2. The van der Waals surface area contributed by atoms with Gasteiger partial charge in [0.25, 0.3) is 0 Å². The van der Waals surface area contributed by atoms with Gasteiger partial charge < -0.3 is 19.7 Å². The Balaban J connectivity index is 1.17. The maximum atomic E-state index is 14.2. The lowest BCUT2D eigenvalue weighted by atomic mass is 9.82. The fraction of sp³-hybridized carbons (Fsp3) is 0.286. The van der Waals surface area contributed by atoms with Gasteiger partial charge in [0.1, 0.15) is 11.3 Å². The van der Waals surface area contributed by atoms with Gasteiger partial charge in [-0.15, -0.1) is 0 Å². The van der Waals surface area contributed by atoms with E-state index in [0.29, 0.717) is 32.5 Å².